The third kappa shape index (κ3) is 5.56. The maximum absolute atomic E-state index is 11.9. The molecule has 2 rings (SSSR count). The first-order chi connectivity index (χ1) is 10.1. The molecule has 1 fully saturated rings. The quantitative estimate of drug-likeness (QED) is 0.821. The summed E-state index contributed by atoms with van der Waals surface area (Å²) in [5, 5.41) is 3.59. The Bertz CT molecular complexity index is 450. The summed E-state index contributed by atoms with van der Waals surface area (Å²) in [5.74, 6) is 0.835. The maximum Gasteiger partial charge on any atom is 0.234 e. The zero-order valence-electron chi connectivity index (χ0n) is 12.5. The Morgan fingerprint density at radius 3 is 2.86 bits per heavy atom. The third-order valence-electron chi connectivity index (χ3n) is 3.79. The number of carbonyl (C=O) groups is 1. The van der Waals surface area contributed by atoms with Crippen molar-refractivity contribution in [2.75, 3.05) is 26.2 Å². The Balaban J connectivity index is 1.61. The van der Waals surface area contributed by atoms with E-state index in [9.17, 15) is 4.79 Å². The van der Waals surface area contributed by atoms with Crippen molar-refractivity contribution in [3.05, 3.63) is 29.3 Å². The highest BCUT2D eigenvalue weighted by molar-refractivity contribution is 6.30. The molecular formula is C16H23ClN2O2. The third-order valence-corrected chi connectivity index (χ3v) is 4.05. The van der Waals surface area contributed by atoms with Gasteiger partial charge in [0.2, 0.25) is 5.91 Å². The van der Waals surface area contributed by atoms with Crippen molar-refractivity contribution in [2.45, 2.75) is 32.2 Å². The number of likely N-dealkylation sites (tertiary alicyclic amines) is 1. The van der Waals surface area contributed by atoms with Gasteiger partial charge < -0.3 is 10.1 Å². The molecule has 0 spiro atoms. The second kappa shape index (κ2) is 8.25. The fourth-order valence-corrected chi connectivity index (χ4v) is 2.65. The molecule has 1 unspecified atom stereocenters. The number of hydrogen-bond acceptors (Lipinski definition) is 3. The van der Waals surface area contributed by atoms with Crippen LogP contribution in [0.25, 0.3) is 0 Å². The minimum atomic E-state index is 0.0726. The van der Waals surface area contributed by atoms with Crippen molar-refractivity contribution in [3.8, 4) is 5.75 Å². The summed E-state index contributed by atoms with van der Waals surface area (Å²) in [6.45, 7) is 4.68. The van der Waals surface area contributed by atoms with E-state index in [-0.39, 0.29) is 5.91 Å². The second-order valence-corrected chi connectivity index (χ2v) is 5.90. The molecular weight excluding hydrogens is 288 g/mol. The van der Waals surface area contributed by atoms with Gasteiger partial charge >= 0.3 is 0 Å². The average Bonchev–Trinajstić information content (AvgIpc) is 2.48. The van der Waals surface area contributed by atoms with E-state index in [1.54, 1.807) is 12.1 Å². The molecule has 1 aromatic carbocycles. The summed E-state index contributed by atoms with van der Waals surface area (Å²) in [6, 6.07) is 7.72. The second-order valence-electron chi connectivity index (χ2n) is 5.47. The molecule has 5 heteroatoms. The number of rotatable bonds is 6. The minimum absolute atomic E-state index is 0.0726. The largest absolute Gasteiger partial charge is 0.492 e. The van der Waals surface area contributed by atoms with E-state index in [4.69, 9.17) is 16.3 Å². The lowest BCUT2D eigenvalue weighted by Crippen LogP contribution is -2.44. The van der Waals surface area contributed by atoms with Crippen LogP contribution in [-0.4, -0.2) is 43.1 Å². The van der Waals surface area contributed by atoms with Gasteiger partial charge in [0.15, 0.2) is 0 Å². The highest BCUT2D eigenvalue weighted by Crippen LogP contribution is 2.16. The number of halogens is 1. The molecule has 1 atom stereocenters. The maximum atomic E-state index is 11.9. The van der Waals surface area contributed by atoms with Crippen LogP contribution in [0.2, 0.25) is 5.02 Å². The smallest absolute Gasteiger partial charge is 0.234 e. The van der Waals surface area contributed by atoms with Crippen LogP contribution in [0.5, 0.6) is 5.75 Å². The first kappa shape index (κ1) is 16.1. The summed E-state index contributed by atoms with van der Waals surface area (Å²) in [5.41, 5.74) is 0. The molecule has 1 N–H and O–H groups in total. The van der Waals surface area contributed by atoms with Crippen LogP contribution in [0.1, 0.15) is 26.2 Å². The van der Waals surface area contributed by atoms with Gasteiger partial charge in [0.25, 0.3) is 0 Å². The Morgan fingerprint density at radius 1 is 1.38 bits per heavy atom. The monoisotopic (exact) mass is 310 g/mol. The number of hydrogen-bond donors (Lipinski definition) is 1. The topological polar surface area (TPSA) is 41.6 Å². The van der Waals surface area contributed by atoms with Crippen LogP contribution in [0.3, 0.4) is 0 Å². The normalized spacial score (nSPS) is 19.2. The van der Waals surface area contributed by atoms with Crippen LogP contribution in [0.4, 0.5) is 0 Å². The van der Waals surface area contributed by atoms with E-state index < -0.39 is 0 Å². The predicted molar refractivity (Wildman–Crippen MR) is 84.8 cm³/mol. The van der Waals surface area contributed by atoms with Gasteiger partial charge in [-0.3, -0.25) is 9.69 Å². The molecule has 0 aromatic heterocycles. The standard InChI is InChI=1S/C16H23ClN2O2/c1-13-4-2-3-10-19(13)12-16(20)18-9-11-21-15-7-5-14(17)6-8-15/h5-8,13H,2-4,9-12H2,1H3,(H,18,20). The van der Waals surface area contributed by atoms with Crippen LogP contribution in [0.15, 0.2) is 24.3 Å². The molecule has 21 heavy (non-hydrogen) atoms. The summed E-state index contributed by atoms with van der Waals surface area (Å²) < 4.78 is 5.54. The van der Waals surface area contributed by atoms with Crippen molar-refractivity contribution in [1.82, 2.24) is 10.2 Å². The van der Waals surface area contributed by atoms with E-state index >= 15 is 0 Å². The number of nitrogens with zero attached hydrogens (tertiary/aromatic N) is 1. The molecule has 0 aliphatic carbocycles. The van der Waals surface area contributed by atoms with E-state index in [0.29, 0.717) is 30.8 Å². The summed E-state index contributed by atoms with van der Waals surface area (Å²) >= 11 is 5.80. The number of benzene rings is 1. The number of ether oxygens (including phenoxy) is 1. The van der Waals surface area contributed by atoms with Gasteiger partial charge in [-0.05, 0) is 50.6 Å². The van der Waals surface area contributed by atoms with Crippen LogP contribution in [-0.2, 0) is 4.79 Å². The van der Waals surface area contributed by atoms with Crippen LogP contribution in [0, 0.1) is 0 Å². The molecule has 1 aromatic rings. The van der Waals surface area contributed by atoms with Gasteiger partial charge in [0.05, 0.1) is 13.1 Å². The molecule has 1 saturated heterocycles. The molecule has 1 heterocycles. The van der Waals surface area contributed by atoms with Gasteiger partial charge in [0.1, 0.15) is 12.4 Å². The van der Waals surface area contributed by atoms with Crippen molar-refractivity contribution in [2.24, 2.45) is 0 Å². The zero-order chi connectivity index (χ0) is 15.1. The average molecular weight is 311 g/mol. The van der Waals surface area contributed by atoms with E-state index in [1.165, 1.54) is 19.3 Å². The zero-order valence-corrected chi connectivity index (χ0v) is 13.2. The van der Waals surface area contributed by atoms with Crippen molar-refractivity contribution in [1.29, 1.82) is 0 Å². The van der Waals surface area contributed by atoms with Gasteiger partial charge in [0, 0.05) is 11.1 Å². The van der Waals surface area contributed by atoms with E-state index in [2.05, 4.69) is 17.1 Å². The van der Waals surface area contributed by atoms with Gasteiger partial charge in [-0.15, -0.1) is 0 Å². The SMILES string of the molecule is CC1CCCCN1CC(=O)NCCOc1ccc(Cl)cc1. The van der Waals surface area contributed by atoms with Crippen molar-refractivity contribution < 1.29 is 9.53 Å². The lowest BCUT2D eigenvalue weighted by molar-refractivity contribution is -0.123. The Labute approximate surface area is 131 Å². The number of piperidine rings is 1. The number of carbonyl (C=O) groups excluding carboxylic acids is 1. The molecule has 116 valence electrons. The summed E-state index contributed by atoms with van der Waals surface area (Å²) in [7, 11) is 0. The molecule has 4 nitrogen and oxygen atoms in total. The van der Waals surface area contributed by atoms with Crippen molar-refractivity contribution >= 4 is 17.5 Å². The fraction of sp³-hybridized carbons (Fsp3) is 0.562. The van der Waals surface area contributed by atoms with Crippen molar-refractivity contribution in [3.63, 3.8) is 0 Å². The first-order valence-corrected chi connectivity index (χ1v) is 7.92. The lowest BCUT2D eigenvalue weighted by Gasteiger charge is -2.32. The Hall–Kier alpha value is -1.26. The molecule has 0 bridgehead atoms. The predicted octanol–water partition coefficient (Wildman–Crippen LogP) is 2.71. The molecule has 1 aliphatic rings. The molecule has 0 radical (unpaired) electrons. The molecule has 1 amide bonds. The van der Waals surface area contributed by atoms with E-state index in [0.717, 1.165) is 12.3 Å². The summed E-state index contributed by atoms with van der Waals surface area (Å²) in [4.78, 5) is 14.1. The van der Waals surface area contributed by atoms with Crippen LogP contribution >= 0.6 is 11.6 Å². The number of nitrogens with one attached hydrogen (secondary N) is 1. The van der Waals surface area contributed by atoms with Crippen LogP contribution < -0.4 is 10.1 Å². The van der Waals surface area contributed by atoms with Gasteiger partial charge in [-0.25, -0.2) is 0 Å². The Morgan fingerprint density at radius 2 is 2.14 bits per heavy atom. The first-order valence-electron chi connectivity index (χ1n) is 7.54. The highest BCUT2D eigenvalue weighted by Gasteiger charge is 2.20. The van der Waals surface area contributed by atoms with Gasteiger partial charge in [-0.2, -0.15) is 0 Å². The fourth-order valence-electron chi connectivity index (χ4n) is 2.52. The molecule has 0 saturated carbocycles. The highest BCUT2D eigenvalue weighted by atomic mass is 35.5. The Kier molecular flexibility index (Phi) is 6.33. The minimum Gasteiger partial charge on any atom is -0.492 e. The van der Waals surface area contributed by atoms with E-state index in [1.807, 2.05) is 12.1 Å². The summed E-state index contributed by atoms with van der Waals surface area (Å²) in [6.07, 6.45) is 3.65. The molecule has 1 aliphatic heterocycles. The lowest BCUT2D eigenvalue weighted by atomic mass is 10.0. The van der Waals surface area contributed by atoms with Gasteiger partial charge in [-0.1, -0.05) is 18.0 Å². The number of amides is 1.